The second-order valence-corrected chi connectivity index (χ2v) is 8.91. The Morgan fingerprint density at radius 1 is 1.03 bits per heavy atom. The van der Waals surface area contributed by atoms with Crippen LogP contribution in [0, 0.1) is 26.7 Å². The van der Waals surface area contributed by atoms with Gasteiger partial charge in [0.25, 0.3) is 11.8 Å². The van der Waals surface area contributed by atoms with Crippen LogP contribution < -0.4 is 15.6 Å². The van der Waals surface area contributed by atoms with Gasteiger partial charge in [0.2, 0.25) is 5.91 Å². The normalized spacial score (nSPS) is 16.1. The number of nitrogens with one attached hydrogen (secondary N) is 2. The Labute approximate surface area is 212 Å². The number of nitrogens with zero attached hydrogens (tertiary/aromatic N) is 3. The first-order valence-electron chi connectivity index (χ1n) is 10.7. The first kappa shape index (κ1) is 24.3. The highest BCUT2D eigenvalue weighted by atomic mass is 35.5. The van der Waals surface area contributed by atoms with Crippen molar-refractivity contribution in [1.29, 1.82) is 0 Å². The lowest BCUT2D eigenvalue weighted by molar-refractivity contribution is -0.130. The van der Waals surface area contributed by atoms with Crippen LogP contribution in [0.4, 0.5) is 5.69 Å². The van der Waals surface area contributed by atoms with E-state index in [0.717, 1.165) is 28.9 Å². The van der Waals surface area contributed by atoms with Crippen LogP contribution in [0.3, 0.4) is 0 Å². The lowest BCUT2D eigenvalue weighted by atomic mass is 10.1. The number of hydrazone groups is 1. The molecule has 0 bridgehead atoms. The number of halogens is 1. The molecule has 3 amide bonds. The molecule has 2 N–H and O–H groups in total. The third-order valence-electron chi connectivity index (χ3n) is 5.61. The number of hydrogen-bond acceptors (Lipinski definition) is 5. The molecular formula is C25H22ClN5O3S. The zero-order valence-corrected chi connectivity index (χ0v) is 20.8. The van der Waals surface area contributed by atoms with Gasteiger partial charge in [-0.1, -0.05) is 29.3 Å². The zero-order valence-electron chi connectivity index (χ0n) is 19.2. The SMILES string of the molecule is Cc1ccc(N2C(=O)[C@@H](C=NNC(=O)c3cc(-n4c(C)ccc4C)ccc3Cl)C(=O)NC2=S)cc1. The second kappa shape index (κ2) is 9.81. The van der Waals surface area contributed by atoms with Gasteiger partial charge in [-0.25, -0.2) is 5.43 Å². The van der Waals surface area contributed by atoms with Gasteiger partial charge in [-0.2, -0.15) is 5.10 Å². The Kier molecular flexibility index (Phi) is 6.81. The molecule has 3 aromatic rings. The maximum atomic E-state index is 13.0. The summed E-state index contributed by atoms with van der Waals surface area (Å²) < 4.78 is 1.99. The maximum absolute atomic E-state index is 13.0. The fraction of sp³-hybridized carbons (Fsp3) is 0.160. The van der Waals surface area contributed by atoms with E-state index in [-0.39, 0.29) is 15.7 Å². The Morgan fingerprint density at radius 2 is 1.66 bits per heavy atom. The minimum atomic E-state index is -1.27. The molecule has 0 unspecified atom stereocenters. The van der Waals surface area contributed by atoms with E-state index in [0.29, 0.717) is 5.69 Å². The van der Waals surface area contributed by atoms with Crippen molar-refractivity contribution >= 4 is 58.6 Å². The summed E-state index contributed by atoms with van der Waals surface area (Å²) in [6.07, 6.45) is 1.08. The Bertz CT molecular complexity index is 1360. The monoisotopic (exact) mass is 507 g/mol. The number of aryl methyl sites for hydroxylation is 3. The number of rotatable bonds is 5. The number of benzene rings is 2. The molecule has 1 aromatic heterocycles. The maximum Gasteiger partial charge on any atom is 0.272 e. The van der Waals surface area contributed by atoms with Gasteiger partial charge >= 0.3 is 0 Å². The molecule has 1 saturated heterocycles. The van der Waals surface area contributed by atoms with E-state index in [1.807, 2.05) is 55.7 Å². The van der Waals surface area contributed by atoms with E-state index in [1.54, 1.807) is 24.3 Å². The van der Waals surface area contributed by atoms with Crippen molar-refractivity contribution in [2.45, 2.75) is 20.8 Å². The molecule has 1 aliphatic heterocycles. The molecule has 35 heavy (non-hydrogen) atoms. The van der Waals surface area contributed by atoms with Crippen molar-refractivity contribution in [2.75, 3.05) is 4.90 Å². The summed E-state index contributed by atoms with van der Waals surface area (Å²) in [5.41, 5.74) is 6.88. The average molecular weight is 508 g/mol. The van der Waals surface area contributed by atoms with Crippen molar-refractivity contribution in [2.24, 2.45) is 11.0 Å². The van der Waals surface area contributed by atoms with E-state index in [9.17, 15) is 14.4 Å². The van der Waals surface area contributed by atoms with Gasteiger partial charge in [0.15, 0.2) is 11.0 Å². The number of carbonyl (C=O) groups excluding carboxylic acids is 3. The molecule has 0 aliphatic carbocycles. The number of thiocarbonyl (C=S) groups is 1. The van der Waals surface area contributed by atoms with E-state index < -0.39 is 23.6 Å². The fourth-order valence-corrected chi connectivity index (χ4v) is 4.29. The van der Waals surface area contributed by atoms with Gasteiger partial charge in [0, 0.05) is 23.3 Å². The molecule has 1 aliphatic rings. The van der Waals surface area contributed by atoms with E-state index in [2.05, 4.69) is 15.8 Å². The number of carbonyl (C=O) groups is 3. The predicted molar refractivity (Wildman–Crippen MR) is 139 cm³/mol. The largest absolute Gasteiger partial charge is 0.318 e. The van der Waals surface area contributed by atoms with Crippen molar-refractivity contribution in [3.8, 4) is 5.69 Å². The molecule has 178 valence electrons. The van der Waals surface area contributed by atoms with E-state index >= 15 is 0 Å². The molecule has 1 fully saturated rings. The van der Waals surface area contributed by atoms with Crippen LogP contribution >= 0.6 is 23.8 Å². The Morgan fingerprint density at radius 3 is 2.31 bits per heavy atom. The predicted octanol–water partition coefficient (Wildman–Crippen LogP) is 3.84. The summed E-state index contributed by atoms with van der Waals surface area (Å²) in [5.74, 6) is -3.04. The fourth-order valence-electron chi connectivity index (χ4n) is 3.79. The first-order chi connectivity index (χ1) is 16.7. The van der Waals surface area contributed by atoms with Crippen molar-refractivity contribution in [3.05, 3.63) is 82.1 Å². The number of hydrogen-bond donors (Lipinski definition) is 2. The summed E-state index contributed by atoms with van der Waals surface area (Å²) >= 11 is 11.4. The summed E-state index contributed by atoms with van der Waals surface area (Å²) in [6.45, 7) is 5.84. The topological polar surface area (TPSA) is 95.8 Å². The van der Waals surface area contributed by atoms with E-state index in [4.69, 9.17) is 23.8 Å². The summed E-state index contributed by atoms with van der Waals surface area (Å²) in [5, 5.41) is 6.60. The van der Waals surface area contributed by atoms with Crippen LogP contribution in [0.1, 0.15) is 27.3 Å². The Balaban J connectivity index is 1.52. The minimum absolute atomic E-state index is 0.0169. The molecule has 0 radical (unpaired) electrons. The van der Waals surface area contributed by atoms with Gasteiger partial charge in [-0.3, -0.25) is 19.3 Å². The molecule has 1 atom stereocenters. The van der Waals surface area contributed by atoms with Crippen molar-refractivity contribution in [1.82, 2.24) is 15.3 Å². The highest BCUT2D eigenvalue weighted by Crippen LogP contribution is 2.23. The smallest absolute Gasteiger partial charge is 0.272 e. The number of amides is 3. The summed E-state index contributed by atoms with van der Waals surface area (Å²) in [7, 11) is 0. The van der Waals surface area contributed by atoms with Crippen LogP contribution in [0.15, 0.2) is 59.7 Å². The van der Waals surface area contributed by atoms with Crippen LogP contribution in [-0.2, 0) is 9.59 Å². The van der Waals surface area contributed by atoms with Gasteiger partial charge in [0.1, 0.15) is 0 Å². The third kappa shape index (κ3) is 4.87. The molecular weight excluding hydrogens is 486 g/mol. The quantitative estimate of drug-likeness (QED) is 0.237. The highest BCUT2D eigenvalue weighted by Gasteiger charge is 2.38. The number of anilines is 1. The average Bonchev–Trinajstić information content (AvgIpc) is 3.15. The third-order valence-corrected chi connectivity index (χ3v) is 6.22. The standard InChI is InChI=1S/C25H22ClN5O3S/c1-14-4-8-17(9-5-14)31-24(34)20(22(32)28-25(31)35)13-27-29-23(33)19-12-18(10-11-21(19)26)30-15(2)6-7-16(30)3/h4-13,20H,1-3H3,(H,29,33)(H,28,32,35)/t20-/m0/s1. The van der Waals surface area contributed by atoms with Gasteiger partial charge in [-0.05, 0) is 75.5 Å². The molecule has 0 spiro atoms. The van der Waals surface area contributed by atoms with Crippen LogP contribution in [0.2, 0.25) is 5.02 Å². The molecule has 8 nitrogen and oxygen atoms in total. The van der Waals surface area contributed by atoms with Crippen LogP contribution in [0.5, 0.6) is 0 Å². The molecule has 10 heteroatoms. The highest BCUT2D eigenvalue weighted by molar-refractivity contribution is 7.80. The minimum Gasteiger partial charge on any atom is -0.318 e. The lowest BCUT2D eigenvalue weighted by Gasteiger charge is -2.30. The van der Waals surface area contributed by atoms with Crippen molar-refractivity contribution in [3.63, 3.8) is 0 Å². The summed E-state index contributed by atoms with van der Waals surface area (Å²) in [4.78, 5) is 39.5. The van der Waals surface area contributed by atoms with Gasteiger partial charge in [0.05, 0.1) is 16.3 Å². The summed E-state index contributed by atoms with van der Waals surface area (Å²) in [6, 6.07) is 16.2. The van der Waals surface area contributed by atoms with E-state index in [1.165, 1.54) is 4.90 Å². The molecule has 0 saturated carbocycles. The van der Waals surface area contributed by atoms with Gasteiger partial charge < -0.3 is 9.88 Å². The first-order valence-corrected chi connectivity index (χ1v) is 11.5. The lowest BCUT2D eigenvalue weighted by Crippen LogP contribution is -2.58. The molecule has 4 rings (SSSR count). The molecule has 2 aromatic carbocycles. The zero-order chi connectivity index (χ0) is 25.3. The number of aromatic nitrogens is 1. The van der Waals surface area contributed by atoms with Gasteiger partial charge in [-0.15, -0.1) is 0 Å². The second-order valence-electron chi connectivity index (χ2n) is 8.12. The van der Waals surface area contributed by atoms with Crippen LogP contribution in [0.25, 0.3) is 5.69 Å². The van der Waals surface area contributed by atoms with Crippen molar-refractivity contribution < 1.29 is 14.4 Å². The van der Waals surface area contributed by atoms with Crippen LogP contribution in [-0.4, -0.2) is 33.6 Å². The molecule has 2 heterocycles. The Hall–Kier alpha value is -3.82.